The standard InChI is InChI=1S/C15H26N2O/c1-3-13(16)15(18)17(2)14-11-5-9-4-10(7-11)8-12(14)6-9/h9-14H,3-8,16H2,1-2H3/t9?,10?,11?,12?,13-,14?/m1/s1. The van der Waals surface area contributed by atoms with Crippen LogP contribution in [0.15, 0.2) is 0 Å². The molecule has 0 saturated heterocycles. The Morgan fingerprint density at radius 3 is 2.11 bits per heavy atom. The van der Waals surface area contributed by atoms with E-state index in [1.807, 2.05) is 18.9 Å². The van der Waals surface area contributed by atoms with Gasteiger partial charge in [0.05, 0.1) is 6.04 Å². The maximum atomic E-state index is 12.3. The number of nitrogens with two attached hydrogens (primary N) is 1. The van der Waals surface area contributed by atoms with Gasteiger partial charge in [-0.1, -0.05) is 6.92 Å². The van der Waals surface area contributed by atoms with Gasteiger partial charge in [0.25, 0.3) is 0 Å². The molecule has 0 aliphatic heterocycles. The summed E-state index contributed by atoms with van der Waals surface area (Å²) in [5.41, 5.74) is 5.92. The van der Waals surface area contributed by atoms with Gasteiger partial charge in [-0.3, -0.25) is 4.79 Å². The van der Waals surface area contributed by atoms with Crippen LogP contribution in [-0.2, 0) is 4.79 Å². The second-order valence-corrected chi connectivity index (χ2v) is 6.89. The number of amides is 1. The molecule has 2 N–H and O–H groups in total. The second kappa shape index (κ2) is 4.52. The molecule has 0 unspecified atom stereocenters. The van der Waals surface area contributed by atoms with Gasteiger partial charge in [0.2, 0.25) is 5.91 Å². The maximum absolute atomic E-state index is 12.3. The normalized spacial score (nSPS) is 42.9. The van der Waals surface area contributed by atoms with Gasteiger partial charge in [0.15, 0.2) is 0 Å². The lowest BCUT2D eigenvalue weighted by atomic mass is 9.54. The Labute approximate surface area is 110 Å². The third kappa shape index (κ3) is 1.87. The van der Waals surface area contributed by atoms with Crippen LogP contribution in [0.25, 0.3) is 0 Å². The van der Waals surface area contributed by atoms with Crippen molar-refractivity contribution in [2.24, 2.45) is 29.4 Å². The first-order valence-corrected chi connectivity index (χ1v) is 7.62. The highest BCUT2D eigenvalue weighted by molar-refractivity contribution is 5.81. The van der Waals surface area contributed by atoms with Crippen LogP contribution in [-0.4, -0.2) is 29.9 Å². The average Bonchev–Trinajstić information content (AvgIpc) is 2.35. The van der Waals surface area contributed by atoms with Gasteiger partial charge in [-0.2, -0.15) is 0 Å². The number of nitrogens with zero attached hydrogens (tertiary/aromatic N) is 1. The van der Waals surface area contributed by atoms with Crippen LogP contribution in [0.2, 0.25) is 0 Å². The third-order valence-corrected chi connectivity index (χ3v) is 5.73. The zero-order valence-corrected chi connectivity index (χ0v) is 11.6. The molecular formula is C15H26N2O. The fourth-order valence-corrected chi connectivity index (χ4v) is 5.11. The highest BCUT2D eigenvalue weighted by Gasteiger charge is 2.50. The van der Waals surface area contributed by atoms with Crippen LogP contribution in [0.3, 0.4) is 0 Å². The second-order valence-electron chi connectivity index (χ2n) is 6.89. The Balaban J connectivity index is 1.74. The number of carbonyl (C=O) groups is 1. The van der Waals surface area contributed by atoms with E-state index in [-0.39, 0.29) is 11.9 Å². The summed E-state index contributed by atoms with van der Waals surface area (Å²) in [6.07, 6.45) is 7.64. The molecule has 4 aliphatic rings. The largest absolute Gasteiger partial charge is 0.341 e. The molecule has 0 aromatic heterocycles. The van der Waals surface area contributed by atoms with Crippen molar-refractivity contribution in [2.45, 2.75) is 57.5 Å². The molecule has 4 rings (SSSR count). The first-order chi connectivity index (χ1) is 8.60. The van der Waals surface area contributed by atoms with Crippen LogP contribution < -0.4 is 5.73 Å². The molecule has 0 radical (unpaired) electrons. The van der Waals surface area contributed by atoms with E-state index in [4.69, 9.17) is 5.73 Å². The van der Waals surface area contributed by atoms with Crippen molar-refractivity contribution in [1.82, 2.24) is 4.90 Å². The highest BCUT2D eigenvalue weighted by Crippen LogP contribution is 2.54. The summed E-state index contributed by atoms with van der Waals surface area (Å²) in [6, 6.07) is 0.190. The molecular weight excluding hydrogens is 224 g/mol. The van der Waals surface area contributed by atoms with Crippen molar-refractivity contribution in [3.63, 3.8) is 0 Å². The van der Waals surface area contributed by atoms with Crippen molar-refractivity contribution in [2.75, 3.05) is 7.05 Å². The van der Waals surface area contributed by atoms with Crippen LogP contribution in [0.1, 0.15) is 45.4 Å². The van der Waals surface area contributed by atoms with Crippen molar-refractivity contribution in [3.05, 3.63) is 0 Å². The van der Waals surface area contributed by atoms with Gasteiger partial charge in [-0.05, 0) is 62.2 Å². The molecule has 18 heavy (non-hydrogen) atoms. The number of hydrogen-bond donors (Lipinski definition) is 1. The fraction of sp³-hybridized carbons (Fsp3) is 0.933. The summed E-state index contributed by atoms with van der Waals surface area (Å²) in [6.45, 7) is 1.99. The molecule has 3 nitrogen and oxygen atoms in total. The third-order valence-electron chi connectivity index (χ3n) is 5.73. The zero-order chi connectivity index (χ0) is 12.9. The molecule has 102 valence electrons. The van der Waals surface area contributed by atoms with Crippen LogP contribution in [0.4, 0.5) is 0 Å². The van der Waals surface area contributed by atoms with Crippen LogP contribution in [0, 0.1) is 23.7 Å². The SMILES string of the molecule is CC[C@@H](N)C(=O)N(C)C1C2CC3CC(C2)CC1C3. The Hall–Kier alpha value is -0.570. The Morgan fingerprint density at radius 1 is 1.17 bits per heavy atom. The van der Waals surface area contributed by atoms with E-state index < -0.39 is 0 Å². The number of likely N-dealkylation sites (N-methyl/N-ethyl adjacent to an activating group) is 1. The lowest BCUT2D eigenvalue weighted by molar-refractivity contribution is -0.142. The van der Waals surface area contributed by atoms with Crippen molar-refractivity contribution in [1.29, 1.82) is 0 Å². The lowest BCUT2D eigenvalue weighted by Gasteiger charge is -2.56. The van der Waals surface area contributed by atoms with Gasteiger partial charge in [-0.15, -0.1) is 0 Å². The monoisotopic (exact) mass is 250 g/mol. The van der Waals surface area contributed by atoms with Crippen molar-refractivity contribution >= 4 is 5.91 Å². The zero-order valence-electron chi connectivity index (χ0n) is 11.6. The quantitative estimate of drug-likeness (QED) is 0.833. The van der Waals surface area contributed by atoms with E-state index >= 15 is 0 Å². The van der Waals surface area contributed by atoms with E-state index in [0.29, 0.717) is 6.04 Å². The van der Waals surface area contributed by atoms with E-state index in [1.54, 1.807) is 0 Å². The van der Waals surface area contributed by atoms with Gasteiger partial charge in [0, 0.05) is 13.1 Å². The predicted octanol–water partition coefficient (Wildman–Crippen LogP) is 2.01. The minimum absolute atomic E-state index is 0.162. The predicted molar refractivity (Wildman–Crippen MR) is 71.9 cm³/mol. The summed E-state index contributed by atoms with van der Waals surface area (Å²) in [5, 5.41) is 0. The summed E-state index contributed by atoms with van der Waals surface area (Å²) >= 11 is 0. The van der Waals surface area contributed by atoms with E-state index in [0.717, 1.165) is 30.1 Å². The Morgan fingerprint density at radius 2 is 1.67 bits per heavy atom. The first-order valence-electron chi connectivity index (χ1n) is 7.62. The highest BCUT2D eigenvalue weighted by atomic mass is 16.2. The van der Waals surface area contributed by atoms with Gasteiger partial charge < -0.3 is 10.6 Å². The van der Waals surface area contributed by atoms with Crippen LogP contribution in [0.5, 0.6) is 0 Å². The van der Waals surface area contributed by atoms with Crippen molar-refractivity contribution < 1.29 is 4.79 Å². The summed E-state index contributed by atoms with van der Waals surface area (Å²) in [7, 11) is 1.99. The maximum Gasteiger partial charge on any atom is 0.239 e. The molecule has 0 aromatic rings. The number of carbonyl (C=O) groups excluding carboxylic acids is 1. The smallest absolute Gasteiger partial charge is 0.239 e. The number of hydrogen-bond acceptors (Lipinski definition) is 2. The fourth-order valence-electron chi connectivity index (χ4n) is 5.11. The van der Waals surface area contributed by atoms with Gasteiger partial charge in [-0.25, -0.2) is 0 Å². The van der Waals surface area contributed by atoms with Gasteiger partial charge >= 0.3 is 0 Å². The molecule has 4 fully saturated rings. The summed E-state index contributed by atoms with van der Waals surface area (Å²) < 4.78 is 0. The molecule has 4 bridgehead atoms. The Kier molecular flexibility index (Phi) is 3.13. The van der Waals surface area contributed by atoms with E-state index in [2.05, 4.69) is 0 Å². The molecule has 1 atom stereocenters. The first kappa shape index (κ1) is 12.5. The molecule has 4 aliphatic carbocycles. The molecule has 0 aromatic carbocycles. The summed E-state index contributed by atoms with van der Waals surface area (Å²) in [5.74, 6) is 3.62. The Bertz CT molecular complexity index is 313. The van der Waals surface area contributed by atoms with Gasteiger partial charge in [0.1, 0.15) is 0 Å². The number of rotatable bonds is 3. The minimum atomic E-state index is -0.299. The van der Waals surface area contributed by atoms with E-state index in [1.165, 1.54) is 32.1 Å². The van der Waals surface area contributed by atoms with Crippen molar-refractivity contribution in [3.8, 4) is 0 Å². The minimum Gasteiger partial charge on any atom is -0.341 e. The molecule has 1 amide bonds. The average molecular weight is 250 g/mol. The molecule has 0 heterocycles. The molecule has 3 heteroatoms. The molecule has 4 saturated carbocycles. The topological polar surface area (TPSA) is 46.3 Å². The van der Waals surface area contributed by atoms with E-state index in [9.17, 15) is 4.79 Å². The molecule has 0 spiro atoms. The lowest BCUT2D eigenvalue weighted by Crippen LogP contribution is -2.58. The van der Waals surface area contributed by atoms with Crippen LogP contribution >= 0.6 is 0 Å². The summed E-state index contributed by atoms with van der Waals surface area (Å²) in [4.78, 5) is 14.3.